The topological polar surface area (TPSA) is 29.5 Å². The minimum absolute atomic E-state index is 0.170. The lowest BCUT2D eigenvalue weighted by Gasteiger charge is -2.14. The first kappa shape index (κ1) is 12.1. The van der Waals surface area contributed by atoms with Gasteiger partial charge in [0, 0.05) is 12.5 Å². The summed E-state index contributed by atoms with van der Waals surface area (Å²) in [6.07, 6.45) is 0. The van der Waals surface area contributed by atoms with Crippen molar-refractivity contribution in [3.63, 3.8) is 0 Å². The van der Waals surface area contributed by atoms with Gasteiger partial charge >= 0.3 is 0 Å². The van der Waals surface area contributed by atoms with E-state index in [1.165, 1.54) is 16.7 Å². The number of hydrogen-bond acceptors (Lipinski definition) is 2. The van der Waals surface area contributed by atoms with Crippen LogP contribution in [0, 0.1) is 26.7 Å². The highest BCUT2D eigenvalue weighted by molar-refractivity contribution is 5.41. The molecule has 15 heavy (non-hydrogen) atoms. The Balaban J connectivity index is 2.76. The molecule has 1 aromatic carbocycles. The van der Waals surface area contributed by atoms with Crippen LogP contribution in [-0.2, 0) is 0 Å². The second-order valence-corrected chi connectivity index (χ2v) is 4.30. The number of hydrogen-bond donors (Lipinski definition) is 1. The molecular formula is C13H20O2. The van der Waals surface area contributed by atoms with E-state index in [1.807, 2.05) is 13.0 Å². The maximum Gasteiger partial charge on any atom is 0.122 e. The van der Waals surface area contributed by atoms with Gasteiger partial charge in [-0.15, -0.1) is 0 Å². The van der Waals surface area contributed by atoms with E-state index in [-0.39, 0.29) is 12.5 Å². The average molecular weight is 208 g/mol. The highest BCUT2D eigenvalue weighted by Gasteiger charge is 2.06. The fraction of sp³-hybridized carbons (Fsp3) is 0.538. The van der Waals surface area contributed by atoms with Crippen LogP contribution < -0.4 is 4.74 Å². The summed E-state index contributed by atoms with van der Waals surface area (Å²) in [7, 11) is 0. The zero-order valence-electron chi connectivity index (χ0n) is 10.0. The predicted molar refractivity (Wildman–Crippen MR) is 62.4 cm³/mol. The molecule has 0 radical (unpaired) electrons. The van der Waals surface area contributed by atoms with Gasteiger partial charge in [0.15, 0.2) is 0 Å². The highest BCUT2D eigenvalue weighted by Crippen LogP contribution is 2.23. The van der Waals surface area contributed by atoms with Crippen molar-refractivity contribution in [2.45, 2.75) is 27.7 Å². The minimum Gasteiger partial charge on any atom is -0.493 e. The summed E-state index contributed by atoms with van der Waals surface area (Å²) >= 11 is 0. The summed E-state index contributed by atoms with van der Waals surface area (Å²) in [5, 5.41) is 8.91. The summed E-state index contributed by atoms with van der Waals surface area (Å²) in [5.41, 5.74) is 3.65. The summed E-state index contributed by atoms with van der Waals surface area (Å²) in [6.45, 7) is 8.93. The molecule has 0 aliphatic carbocycles. The van der Waals surface area contributed by atoms with Crippen molar-refractivity contribution in [3.8, 4) is 5.75 Å². The van der Waals surface area contributed by atoms with Crippen molar-refractivity contribution in [1.82, 2.24) is 0 Å². The molecule has 1 aromatic rings. The molecule has 1 atom stereocenters. The molecule has 1 rings (SSSR count). The lowest BCUT2D eigenvalue weighted by atomic mass is 10.1. The molecule has 1 N–H and O–H groups in total. The first-order chi connectivity index (χ1) is 7.04. The molecule has 0 fully saturated rings. The summed E-state index contributed by atoms with van der Waals surface area (Å²) < 4.78 is 5.69. The maximum absolute atomic E-state index is 8.91. The molecule has 0 bridgehead atoms. The van der Waals surface area contributed by atoms with E-state index in [4.69, 9.17) is 9.84 Å². The van der Waals surface area contributed by atoms with Crippen LogP contribution in [0.15, 0.2) is 12.1 Å². The number of rotatable bonds is 4. The zero-order chi connectivity index (χ0) is 11.4. The normalized spacial score (nSPS) is 12.6. The molecule has 1 unspecified atom stereocenters. The van der Waals surface area contributed by atoms with E-state index < -0.39 is 0 Å². The van der Waals surface area contributed by atoms with Crippen LogP contribution in [0.25, 0.3) is 0 Å². The standard InChI is InChI=1S/C13H20O2/c1-9-5-11(3)12(4)13(6-9)15-8-10(2)7-14/h5-6,10,14H,7-8H2,1-4H3. The maximum atomic E-state index is 8.91. The first-order valence-electron chi connectivity index (χ1n) is 5.36. The Morgan fingerprint density at radius 1 is 1.27 bits per heavy atom. The van der Waals surface area contributed by atoms with Gasteiger partial charge in [-0.05, 0) is 43.5 Å². The Morgan fingerprint density at radius 2 is 1.93 bits per heavy atom. The Hall–Kier alpha value is -1.02. The van der Waals surface area contributed by atoms with E-state index in [9.17, 15) is 0 Å². The van der Waals surface area contributed by atoms with Crippen LogP contribution in [-0.4, -0.2) is 18.3 Å². The third-order valence-corrected chi connectivity index (χ3v) is 2.60. The largest absolute Gasteiger partial charge is 0.493 e. The van der Waals surface area contributed by atoms with Gasteiger partial charge in [-0.25, -0.2) is 0 Å². The highest BCUT2D eigenvalue weighted by atomic mass is 16.5. The van der Waals surface area contributed by atoms with Crippen LogP contribution in [0.2, 0.25) is 0 Å². The number of benzene rings is 1. The van der Waals surface area contributed by atoms with E-state index >= 15 is 0 Å². The molecule has 2 heteroatoms. The molecule has 0 saturated carbocycles. The van der Waals surface area contributed by atoms with Gasteiger partial charge in [0.2, 0.25) is 0 Å². The second-order valence-electron chi connectivity index (χ2n) is 4.30. The van der Waals surface area contributed by atoms with Crippen LogP contribution in [0.5, 0.6) is 5.75 Å². The van der Waals surface area contributed by atoms with Crippen molar-refractivity contribution in [2.24, 2.45) is 5.92 Å². The molecule has 0 saturated heterocycles. The van der Waals surface area contributed by atoms with Crippen molar-refractivity contribution in [1.29, 1.82) is 0 Å². The predicted octanol–water partition coefficient (Wildman–Crippen LogP) is 2.62. The van der Waals surface area contributed by atoms with E-state index in [1.54, 1.807) is 0 Å². The van der Waals surface area contributed by atoms with Gasteiger partial charge in [-0.1, -0.05) is 13.0 Å². The monoisotopic (exact) mass is 208 g/mol. The van der Waals surface area contributed by atoms with E-state index in [2.05, 4.69) is 26.8 Å². The van der Waals surface area contributed by atoms with Gasteiger partial charge in [0.1, 0.15) is 5.75 Å². The fourth-order valence-corrected chi connectivity index (χ4v) is 1.44. The summed E-state index contributed by atoms with van der Waals surface area (Å²) in [6, 6.07) is 4.20. The fourth-order valence-electron chi connectivity index (χ4n) is 1.44. The lowest BCUT2D eigenvalue weighted by molar-refractivity contribution is 0.174. The van der Waals surface area contributed by atoms with Crippen molar-refractivity contribution >= 4 is 0 Å². The van der Waals surface area contributed by atoms with Crippen LogP contribution in [0.1, 0.15) is 23.6 Å². The Labute approximate surface area is 91.9 Å². The molecular weight excluding hydrogens is 188 g/mol. The first-order valence-corrected chi connectivity index (χ1v) is 5.36. The number of ether oxygens (including phenoxy) is 1. The number of aliphatic hydroxyl groups excluding tert-OH is 1. The van der Waals surface area contributed by atoms with Gasteiger partial charge in [-0.2, -0.15) is 0 Å². The molecule has 0 aromatic heterocycles. The third kappa shape index (κ3) is 3.24. The summed E-state index contributed by atoms with van der Waals surface area (Å²) in [5.74, 6) is 1.12. The lowest BCUT2D eigenvalue weighted by Crippen LogP contribution is -2.12. The smallest absolute Gasteiger partial charge is 0.122 e. The van der Waals surface area contributed by atoms with Gasteiger partial charge in [-0.3, -0.25) is 0 Å². The quantitative estimate of drug-likeness (QED) is 0.824. The van der Waals surface area contributed by atoms with Gasteiger partial charge < -0.3 is 9.84 Å². The van der Waals surface area contributed by atoms with Crippen LogP contribution >= 0.6 is 0 Å². The average Bonchev–Trinajstić information content (AvgIpc) is 2.20. The van der Waals surface area contributed by atoms with Gasteiger partial charge in [0.25, 0.3) is 0 Å². The van der Waals surface area contributed by atoms with Crippen molar-refractivity contribution < 1.29 is 9.84 Å². The molecule has 84 valence electrons. The minimum atomic E-state index is 0.170. The molecule has 2 nitrogen and oxygen atoms in total. The number of aliphatic hydroxyl groups is 1. The SMILES string of the molecule is Cc1cc(C)c(C)c(OCC(C)CO)c1. The van der Waals surface area contributed by atoms with Gasteiger partial charge in [0.05, 0.1) is 6.61 Å². The Morgan fingerprint density at radius 3 is 2.53 bits per heavy atom. The third-order valence-electron chi connectivity index (χ3n) is 2.60. The number of aryl methyl sites for hydroxylation is 2. The molecule has 0 spiro atoms. The van der Waals surface area contributed by atoms with E-state index in [0.29, 0.717) is 6.61 Å². The van der Waals surface area contributed by atoms with Crippen molar-refractivity contribution in [2.75, 3.05) is 13.2 Å². The molecule has 0 aliphatic heterocycles. The van der Waals surface area contributed by atoms with Crippen LogP contribution in [0.4, 0.5) is 0 Å². The Bertz CT molecular complexity index is 332. The van der Waals surface area contributed by atoms with Crippen molar-refractivity contribution in [3.05, 3.63) is 28.8 Å². The molecule has 0 aliphatic rings. The zero-order valence-corrected chi connectivity index (χ0v) is 10.0. The molecule has 0 heterocycles. The Kier molecular flexibility index (Phi) is 4.15. The van der Waals surface area contributed by atoms with E-state index in [0.717, 1.165) is 5.75 Å². The van der Waals surface area contributed by atoms with Crippen LogP contribution in [0.3, 0.4) is 0 Å². The molecule has 0 amide bonds. The summed E-state index contributed by atoms with van der Waals surface area (Å²) in [4.78, 5) is 0. The second kappa shape index (κ2) is 5.17.